The Kier molecular flexibility index (Phi) is 4.65. The predicted molar refractivity (Wildman–Crippen MR) is 97.3 cm³/mol. The number of aryl methyl sites for hydroxylation is 1. The molecule has 2 aromatic heterocycles. The van der Waals surface area contributed by atoms with Crippen molar-refractivity contribution in [3.63, 3.8) is 0 Å². The van der Waals surface area contributed by atoms with Gasteiger partial charge in [0.2, 0.25) is 0 Å². The molecule has 0 unspecified atom stereocenters. The Bertz CT molecular complexity index is 1030. The van der Waals surface area contributed by atoms with E-state index >= 15 is 0 Å². The second-order valence-electron chi connectivity index (χ2n) is 6.94. The van der Waals surface area contributed by atoms with Crippen LogP contribution in [0.4, 0.5) is 4.39 Å². The summed E-state index contributed by atoms with van der Waals surface area (Å²) in [6.07, 6.45) is 1.41. The second-order valence-corrected chi connectivity index (χ2v) is 6.94. The van der Waals surface area contributed by atoms with Crippen LogP contribution in [0.25, 0.3) is 16.7 Å². The average Bonchev–Trinajstić information content (AvgIpc) is 2.96. The molecular formula is C19H19FN4O3. The van der Waals surface area contributed by atoms with Crippen LogP contribution in [0.5, 0.6) is 0 Å². The van der Waals surface area contributed by atoms with Gasteiger partial charge in [-0.25, -0.2) is 14.1 Å². The number of carbonyl (C=O) groups is 2. The number of halogens is 1. The zero-order valence-corrected chi connectivity index (χ0v) is 15.2. The number of carboxylic acid groups (broad SMARTS) is 1. The van der Waals surface area contributed by atoms with E-state index in [-0.39, 0.29) is 12.4 Å². The van der Waals surface area contributed by atoms with E-state index in [1.54, 1.807) is 29.8 Å². The fourth-order valence-corrected chi connectivity index (χ4v) is 2.51. The SMILES string of the molecule is Cc1nn(-c2ccc(F)cc2)c2ncc(C(=O)NCC(C)(C)C(=O)O)cc12. The van der Waals surface area contributed by atoms with E-state index in [0.717, 1.165) is 0 Å². The van der Waals surface area contributed by atoms with Crippen LogP contribution in [0.2, 0.25) is 0 Å². The van der Waals surface area contributed by atoms with Crippen molar-refractivity contribution < 1.29 is 19.1 Å². The summed E-state index contributed by atoms with van der Waals surface area (Å²) in [6, 6.07) is 7.52. The number of pyridine rings is 1. The largest absolute Gasteiger partial charge is 0.481 e. The smallest absolute Gasteiger partial charge is 0.310 e. The Morgan fingerprint density at radius 3 is 2.56 bits per heavy atom. The standard InChI is InChI=1S/C19H19FN4O3/c1-11-15-8-12(17(25)22-10-19(2,3)18(26)27)9-21-16(15)24(23-11)14-6-4-13(20)5-7-14/h4-9H,10H2,1-3H3,(H,22,25)(H,26,27). The van der Waals surface area contributed by atoms with Gasteiger partial charge in [-0.3, -0.25) is 9.59 Å². The summed E-state index contributed by atoms with van der Waals surface area (Å²) in [5, 5.41) is 16.9. The number of carbonyl (C=O) groups excluding carboxylic acids is 1. The van der Waals surface area contributed by atoms with E-state index in [4.69, 9.17) is 5.11 Å². The third-order valence-corrected chi connectivity index (χ3v) is 4.31. The lowest BCUT2D eigenvalue weighted by molar-refractivity contribution is -0.146. The van der Waals surface area contributed by atoms with Crippen LogP contribution in [-0.4, -0.2) is 38.3 Å². The molecule has 7 nitrogen and oxygen atoms in total. The molecular weight excluding hydrogens is 351 g/mol. The molecule has 0 atom stereocenters. The van der Waals surface area contributed by atoms with E-state index in [9.17, 15) is 14.0 Å². The third kappa shape index (κ3) is 3.64. The highest BCUT2D eigenvalue weighted by Crippen LogP contribution is 2.21. The summed E-state index contributed by atoms with van der Waals surface area (Å²) in [6.45, 7) is 4.86. The van der Waals surface area contributed by atoms with Crippen molar-refractivity contribution in [1.29, 1.82) is 0 Å². The highest BCUT2D eigenvalue weighted by atomic mass is 19.1. The lowest BCUT2D eigenvalue weighted by Gasteiger charge is -2.19. The molecule has 0 spiro atoms. The molecule has 0 radical (unpaired) electrons. The molecule has 0 bridgehead atoms. The first-order valence-electron chi connectivity index (χ1n) is 8.32. The number of amides is 1. The monoisotopic (exact) mass is 370 g/mol. The second kappa shape index (κ2) is 6.79. The lowest BCUT2D eigenvalue weighted by atomic mass is 9.94. The van der Waals surface area contributed by atoms with Gasteiger partial charge >= 0.3 is 5.97 Å². The number of nitrogens with one attached hydrogen (secondary N) is 1. The summed E-state index contributed by atoms with van der Waals surface area (Å²) in [5.74, 6) is -1.75. The van der Waals surface area contributed by atoms with E-state index in [0.29, 0.717) is 28.0 Å². The molecule has 0 aliphatic heterocycles. The Balaban J connectivity index is 1.90. The van der Waals surface area contributed by atoms with E-state index in [2.05, 4.69) is 15.4 Å². The van der Waals surface area contributed by atoms with Gasteiger partial charge in [0.15, 0.2) is 5.65 Å². The molecule has 27 heavy (non-hydrogen) atoms. The number of rotatable bonds is 5. The van der Waals surface area contributed by atoms with Gasteiger partial charge in [-0.2, -0.15) is 5.10 Å². The van der Waals surface area contributed by atoms with Crippen molar-refractivity contribution in [2.45, 2.75) is 20.8 Å². The minimum atomic E-state index is -1.07. The van der Waals surface area contributed by atoms with Crippen LogP contribution in [0.1, 0.15) is 29.9 Å². The zero-order chi connectivity index (χ0) is 19.8. The summed E-state index contributed by atoms with van der Waals surface area (Å²) in [5.41, 5.74) is 1.10. The molecule has 1 aromatic carbocycles. The Labute approximate surface area is 154 Å². The molecule has 2 heterocycles. The summed E-state index contributed by atoms with van der Waals surface area (Å²) in [7, 11) is 0. The maximum absolute atomic E-state index is 13.1. The van der Waals surface area contributed by atoms with Gasteiger partial charge in [0.05, 0.1) is 22.4 Å². The average molecular weight is 370 g/mol. The van der Waals surface area contributed by atoms with Crippen LogP contribution in [0.15, 0.2) is 36.5 Å². The quantitative estimate of drug-likeness (QED) is 0.720. The summed E-state index contributed by atoms with van der Waals surface area (Å²) >= 11 is 0. The number of fused-ring (bicyclic) bond motifs is 1. The van der Waals surface area contributed by atoms with Gasteiger partial charge in [0, 0.05) is 18.1 Å². The molecule has 8 heteroatoms. The zero-order valence-electron chi connectivity index (χ0n) is 15.2. The van der Waals surface area contributed by atoms with Gasteiger partial charge in [0.1, 0.15) is 5.82 Å². The third-order valence-electron chi connectivity index (χ3n) is 4.31. The maximum Gasteiger partial charge on any atom is 0.310 e. The van der Waals surface area contributed by atoms with E-state index < -0.39 is 17.3 Å². The van der Waals surface area contributed by atoms with Crippen LogP contribution in [-0.2, 0) is 4.79 Å². The molecule has 1 amide bonds. The summed E-state index contributed by atoms with van der Waals surface area (Å²) in [4.78, 5) is 27.9. The van der Waals surface area contributed by atoms with Crippen LogP contribution in [0, 0.1) is 18.2 Å². The minimum Gasteiger partial charge on any atom is -0.481 e. The normalized spacial score (nSPS) is 11.6. The first-order chi connectivity index (χ1) is 12.7. The molecule has 140 valence electrons. The Hall–Kier alpha value is -3.29. The van der Waals surface area contributed by atoms with Gasteiger partial charge in [0.25, 0.3) is 5.91 Å². The molecule has 0 saturated carbocycles. The Morgan fingerprint density at radius 2 is 1.93 bits per heavy atom. The maximum atomic E-state index is 13.1. The number of benzene rings is 1. The van der Waals surface area contributed by atoms with Crippen molar-refractivity contribution in [1.82, 2.24) is 20.1 Å². The minimum absolute atomic E-state index is 0.00692. The molecule has 2 N–H and O–H groups in total. The highest BCUT2D eigenvalue weighted by molar-refractivity contribution is 5.97. The highest BCUT2D eigenvalue weighted by Gasteiger charge is 2.27. The van der Waals surface area contributed by atoms with Gasteiger partial charge in [-0.1, -0.05) is 0 Å². The molecule has 0 fully saturated rings. The van der Waals surface area contributed by atoms with Crippen molar-refractivity contribution >= 4 is 22.9 Å². The van der Waals surface area contributed by atoms with Crippen LogP contribution >= 0.6 is 0 Å². The van der Waals surface area contributed by atoms with Crippen LogP contribution in [0.3, 0.4) is 0 Å². The van der Waals surface area contributed by atoms with Crippen molar-refractivity contribution in [3.8, 4) is 5.69 Å². The van der Waals surface area contributed by atoms with Crippen molar-refractivity contribution in [3.05, 3.63) is 53.6 Å². The first-order valence-corrected chi connectivity index (χ1v) is 8.32. The summed E-state index contributed by atoms with van der Waals surface area (Å²) < 4.78 is 14.7. The van der Waals surface area contributed by atoms with Gasteiger partial charge in [-0.15, -0.1) is 0 Å². The van der Waals surface area contributed by atoms with E-state index in [1.165, 1.54) is 32.2 Å². The molecule has 0 aliphatic carbocycles. The number of hydrogen-bond acceptors (Lipinski definition) is 4. The molecule has 3 rings (SSSR count). The van der Waals surface area contributed by atoms with E-state index in [1.807, 2.05) is 0 Å². The number of carboxylic acids is 1. The Morgan fingerprint density at radius 1 is 1.26 bits per heavy atom. The molecule has 0 saturated heterocycles. The fraction of sp³-hybridized carbons (Fsp3) is 0.263. The van der Waals surface area contributed by atoms with Gasteiger partial charge in [-0.05, 0) is 51.1 Å². The van der Waals surface area contributed by atoms with Crippen molar-refractivity contribution in [2.24, 2.45) is 5.41 Å². The fourth-order valence-electron chi connectivity index (χ4n) is 2.51. The van der Waals surface area contributed by atoms with Gasteiger partial charge < -0.3 is 10.4 Å². The molecule has 3 aromatic rings. The number of nitrogens with zero attached hydrogens (tertiary/aromatic N) is 3. The number of aliphatic carboxylic acids is 1. The van der Waals surface area contributed by atoms with Crippen molar-refractivity contribution in [2.75, 3.05) is 6.54 Å². The van der Waals surface area contributed by atoms with Crippen LogP contribution < -0.4 is 5.32 Å². The topological polar surface area (TPSA) is 97.1 Å². The first kappa shape index (κ1) is 18.5. The predicted octanol–water partition coefficient (Wildman–Crippen LogP) is 2.71. The number of aromatic nitrogens is 3. The number of hydrogen-bond donors (Lipinski definition) is 2. The molecule has 0 aliphatic rings. The lowest BCUT2D eigenvalue weighted by Crippen LogP contribution is -2.38.